The largest absolute Gasteiger partial charge is 0.497 e. The van der Waals surface area contributed by atoms with Gasteiger partial charge in [0.05, 0.1) is 14.2 Å². The number of methoxy groups -OCH3 is 2. The second-order valence-electron chi connectivity index (χ2n) is 7.79. The number of benzene rings is 1. The van der Waals surface area contributed by atoms with Crippen molar-refractivity contribution in [2.75, 3.05) is 74.1 Å². The van der Waals surface area contributed by atoms with E-state index in [1.54, 1.807) is 14.2 Å². The molecule has 0 saturated carbocycles. The quantitative estimate of drug-likeness (QED) is 0.586. The third-order valence-electron chi connectivity index (χ3n) is 5.80. The maximum atomic E-state index is 5.53. The molecule has 2 fully saturated rings. The third-order valence-corrected chi connectivity index (χ3v) is 5.80. The van der Waals surface area contributed by atoms with E-state index in [0.717, 1.165) is 62.6 Å². The van der Waals surface area contributed by atoms with Gasteiger partial charge in [-0.1, -0.05) is 0 Å². The fraction of sp³-hybridized carbons (Fsp3) is 0.667. The lowest BCUT2D eigenvalue weighted by molar-refractivity contribution is 0.170. The lowest BCUT2D eigenvalue weighted by Crippen LogP contribution is -2.52. The molecule has 2 heterocycles. The van der Waals surface area contributed by atoms with Gasteiger partial charge < -0.3 is 24.6 Å². The molecule has 0 radical (unpaired) electrons. The van der Waals surface area contributed by atoms with Crippen LogP contribution in [0.3, 0.4) is 0 Å². The minimum absolute atomic E-state index is 0.726. The molecule has 0 aromatic heterocycles. The van der Waals surface area contributed by atoms with Crippen LogP contribution < -0.4 is 14.8 Å². The normalized spacial score (nSPS) is 21.8. The summed E-state index contributed by atoms with van der Waals surface area (Å²) in [5.74, 6) is 3.55. The van der Waals surface area contributed by atoms with Gasteiger partial charge in [0.15, 0.2) is 5.96 Å². The molecule has 1 atom stereocenters. The smallest absolute Gasteiger partial charge is 0.193 e. The van der Waals surface area contributed by atoms with E-state index < -0.39 is 0 Å². The van der Waals surface area contributed by atoms with Crippen LogP contribution in [0.4, 0.5) is 0 Å². The Labute approximate surface area is 169 Å². The molecular formula is C21H35N5O2. The van der Waals surface area contributed by atoms with E-state index in [-0.39, 0.29) is 0 Å². The molecule has 0 bridgehead atoms. The molecule has 156 valence electrons. The fourth-order valence-electron chi connectivity index (χ4n) is 4.13. The summed E-state index contributed by atoms with van der Waals surface area (Å²) in [5, 5.41) is 3.59. The molecule has 1 aromatic rings. The Hall–Kier alpha value is -1.99. The summed E-state index contributed by atoms with van der Waals surface area (Å²) >= 11 is 0. The molecule has 2 aliphatic rings. The second-order valence-corrected chi connectivity index (χ2v) is 7.79. The Bertz CT molecular complexity index is 658. The van der Waals surface area contributed by atoms with Gasteiger partial charge in [-0.15, -0.1) is 0 Å². The summed E-state index contributed by atoms with van der Waals surface area (Å²) < 4.78 is 10.9. The van der Waals surface area contributed by atoms with Crippen molar-refractivity contribution in [3.63, 3.8) is 0 Å². The van der Waals surface area contributed by atoms with Crippen LogP contribution in [0.15, 0.2) is 23.2 Å². The Morgan fingerprint density at radius 1 is 1.14 bits per heavy atom. The number of ether oxygens (including phenoxy) is 2. The van der Waals surface area contributed by atoms with Crippen molar-refractivity contribution in [3.8, 4) is 11.5 Å². The molecule has 1 N–H and O–H groups in total. The molecule has 3 rings (SSSR count). The fourth-order valence-corrected chi connectivity index (χ4v) is 4.13. The first-order valence-corrected chi connectivity index (χ1v) is 10.2. The van der Waals surface area contributed by atoms with Crippen LogP contribution in [-0.4, -0.2) is 94.8 Å². The Morgan fingerprint density at radius 3 is 2.54 bits per heavy atom. The lowest BCUT2D eigenvalue weighted by Gasteiger charge is -2.37. The van der Waals surface area contributed by atoms with Crippen LogP contribution in [-0.2, 0) is 6.54 Å². The number of hydrogen-bond acceptors (Lipinski definition) is 5. The highest BCUT2D eigenvalue weighted by Gasteiger charge is 2.23. The van der Waals surface area contributed by atoms with Crippen molar-refractivity contribution in [1.82, 2.24) is 20.0 Å². The first-order valence-electron chi connectivity index (χ1n) is 10.2. The van der Waals surface area contributed by atoms with E-state index in [1.807, 2.05) is 19.2 Å². The average Bonchev–Trinajstić information content (AvgIpc) is 3.14. The molecular weight excluding hydrogens is 354 g/mol. The number of rotatable bonds is 6. The van der Waals surface area contributed by atoms with Gasteiger partial charge in [-0.2, -0.15) is 0 Å². The van der Waals surface area contributed by atoms with Crippen LogP contribution >= 0.6 is 0 Å². The van der Waals surface area contributed by atoms with Crippen molar-refractivity contribution < 1.29 is 9.47 Å². The number of likely N-dealkylation sites (tertiary alicyclic amines) is 1. The lowest BCUT2D eigenvalue weighted by atomic mass is 10.1. The number of nitrogens with zero attached hydrogens (tertiary/aromatic N) is 4. The predicted molar refractivity (Wildman–Crippen MR) is 113 cm³/mol. The van der Waals surface area contributed by atoms with Gasteiger partial charge in [0, 0.05) is 58.4 Å². The minimum Gasteiger partial charge on any atom is -0.497 e. The van der Waals surface area contributed by atoms with Crippen LogP contribution in [0, 0.1) is 5.92 Å². The van der Waals surface area contributed by atoms with Gasteiger partial charge in [0.1, 0.15) is 11.5 Å². The first-order chi connectivity index (χ1) is 13.6. The summed E-state index contributed by atoms with van der Waals surface area (Å²) in [6.45, 7) is 8.25. The highest BCUT2D eigenvalue weighted by molar-refractivity contribution is 5.80. The molecule has 0 amide bonds. The number of hydrogen-bond donors (Lipinski definition) is 1. The van der Waals surface area contributed by atoms with E-state index in [4.69, 9.17) is 9.47 Å². The summed E-state index contributed by atoms with van der Waals surface area (Å²) in [6.07, 6.45) is 1.27. The number of piperazine rings is 1. The van der Waals surface area contributed by atoms with Gasteiger partial charge in [0.25, 0.3) is 0 Å². The monoisotopic (exact) mass is 389 g/mol. The standard InChI is InChI=1S/C21H35N5O2/c1-22-21(23-14-17-7-8-24(2)15-17)26-11-9-25(10-12-26)16-18-13-19(27-3)5-6-20(18)28-4/h5-6,13,17H,7-12,14-16H2,1-4H3,(H,22,23). The maximum absolute atomic E-state index is 5.53. The van der Waals surface area contributed by atoms with Crippen molar-refractivity contribution in [2.24, 2.45) is 10.9 Å². The minimum atomic E-state index is 0.726. The van der Waals surface area contributed by atoms with Crippen LogP contribution in [0.1, 0.15) is 12.0 Å². The van der Waals surface area contributed by atoms with Gasteiger partial charge in [-0.25, -0.2) is 0 Å². The summed E-state index contributed by atoms with van der Waals surface area (Å²) in [4.78, 5) is 11.8. The average molecular weight is 390 g/mol. The zero-order valence-electron chi connectivity index (χ0n) is 17.8. The molecule has 7 nitrogen and oxygen atoms in total. The summed E-state index contributed by atoms with van der Waals surface area (Å²) in [7, 11) is 7.51. The predicted octanol–water partition coefficient (Wildman–Crippen LogP) is 1.35. The SMILES string of the molecule is CN=C(NCC1CCN(C)C1)N1CCN(Cc2cc(OC)ccc2OC)CC1. The van der Waals surface area contributed by atoms with E-state index >= 15 is 0 Å². The topological polar surface area (TPSA) is 52.6 Å². The first kappa shape index (κ1) is 20.7. The van der Waals surface area contributed by atoms with Gasteiger partial charge in [-0.3, -0.25) is 9.89 Å². The summed E-state index contributed by atoms with van der Waals surface area (Å²) in [5.41, 5.74) is 1.17. The highest BCUT2D eigenvalue weighted by Crippen LogP contribution is 2.25. The zero-order valence-corrected chi connectivity index (χ0v) is 17.8. The number of guanidine groups is 1. The number of aliphatic imine (C=N–C) groups is 1. The molecule has 2 saturated heterocycles. The van der Waals surface area contributed by atoms with Crippen molar-refractivity contribution in [1.29, 1.82) is 0 Å². The Morgan fingerprint density at radius 2 is 1.93 bits per heavy atom. The highest BCUT2D eigenvalue weighted by atomic mass is 16.5. The van der Waals surface area contributed by atoms with E-state index in [0.29, 0.717) is 0 Å². The van der Waals surface area contributed by atoms with E-state index in [9.17, 15) is 0 Å². The second kappa shape index (κ2) is 9.98. The van der Waals surface area contributed by atoms with Crippen LogP contribution in [0.25, 0.3) is 0 Å². The zero-order chi connectivity index (χ0) is 19.9. The van der Waals surface area contributed by atoms with Gasteiger partial charge in [-0.05, 0) is 44.1 Å². The van der Waals surface area contributed by atoms with Crippen molar-refractivity contribution in [3.05, 3.63) is 23.8 Å². The molecule has 28 heavy (non-hydrogen) atoms. The molecule has 1 unspecified atom stereocenters. The van der Waals surface area contributed by atoms with Crippen molar-refractivity contribution >= 4 is 5.96 Å². The molecule has 7 heteroatoms. The van der Waals surface area contributed by atoms with Gasteiger partial charge >= 0.3 is 0 Å². The van der Waals surface area contributed by atoms with Crippen molar-refractivity contribution in [2.45, 2.75) is 13.0 Å². The van der Waals surface area contributed by atoms with E-state index in [2.05, 4.69) is 38.1 Å². The summed E-state index contributed by atoms with van der Waals surface area (Å²) in [6, 6.07) is 6.00. The van der Waals surface area contributed by atoms with Crippen LogP contribution in [0.5, 0.6) is 11.5 Å². The Balaban J connectivity index is 1.49. The van der Waals surface area contributed by atoms with Gasteiger partial charge in [0.2, 0.25) is 0 Å². The molecule has 2 aliphatic heterocycles. The number of nitrogens with one attached hydrogen (secondary N) is 1. The molecule has 1 aromatic carbocycles. The van der Waals surface area contributed by atoms with E-state index in [1.165, 1.54) is 25.1 Å². The third kappa shape index (κ3) is 5.29. The maximum Gasteiger partial charge on any atom is 0.193 e. The molecule has 0 aliphatic carbocycles. The Kier molecular flexibility index (Phi) is 7.39. The molecule has 0 spiro atoms. The van der Waals surface area contributed by atoms with Crippen LogP contribution in [0.2, 0.25) is 0 Å².